The molecule has 204 valence electrons. The number of nitrogens with zero attached hydrogens (tertiary/aromatic N) is 4. The van der Waals surface area contributed by atoms with E-state index in [1.54, 1.807) is 17.0 Å². The van der Waals surface area contributed by atoms with Gasteiger partial charge in [0.2, 0.25) is 0 Å². The predicted octanol–water partition coefficient (Wildman–Crippen LogP) is 3.87. The van der Waals surface area contributed by atoms with Crippen LogP contribution in [0.2, 0.25) is 0 Å². The monoisotopic (exact) mass is 523 g/mol. The Labute approximate surface area is 224 Å². The molecule has 0 radical (unpaired) electrons. The van der Waals surface area contributed by atoms with Gasteiger partial charge in [0.1, 0.15) is 12.4 Å². The zero-order valence-electron chi connectivity index (χ0n) is 22.6. The number of ether oxygens (including phenoxy) is 1. The molecule has 2 aromatic rings. The smallest absolute Gasteiger partial charge is 0.317 e. The largest absolute Gasteiger partial charge is 0.379 e. The number of halogens is 1. The lowest BCUT2D eigenvalue weighted by molar-refractivity contribution is -0.133. The summed E-state index contributed by atoms with van der Waals surface area (Å²) in [5.41, 5.74) is 4.89. The van der Waals surface area contributed by atoms with Gasteiger partial charge in [0.05, 0.1) is 25.0 Å². The van der Waals surface area contributed by atoms with Crippen LogP contribution in [0.25, 0.3) is 0 Å². The van der Waals surface area contributed by atoms with Gasteiger partial charge < -0.3 is 15.0 Å². The Kier molecular flexibility index (Phi) is 9.47. The predicted molar refractivity (Wildman–Crippen MR) is 146 cm³/mol. The molecule has 3 amide bonds. The van der Waals surface area contributed by atoms with Gasteiger partial charge in [-0.2, -0.15) is 5.10 Å². The van der Waals surface area contributed by atoms with E-state index in [1.165, 1.54) is 22.7 Å². The van der Waals surface area contributed by atoms with Crippen molar-refractivity contribution >= 4 is 17.6 Å². The minimum absolute atomic E-state index is 0.0959. The Morgan fingerprint density at radius 2 is 1.84 bits per heavy atom. The number of carbonyl (C=O) groups is 2. The normalized spacial score (nSPS) is 17.8. The first-order valence-electron chi connectivity index (χ1n) is 13.4. The number of amides is 3. The molecule has 2 aromatic carbocycles. The topological polar surface area (TPSA) is 77.5 Å². The number of carbonyl (C=O) groups excluding carboxylic acids is 2. The molecule has 0 spiro atoms. The van der Waals surface area contributed by atoms with Crippen molar-refractivity contribution in [2.24, 2.45) is 5.10 Å². The van der Waals surface area contributed by atoms with Crippen molar-refractivity contribution in [3.05, 3.63) is 70.5 Å². The summed E-state index contributed by atoms with van der Waals surface area (Å²) in [5.74, 6) is -0.603. The molecule has 4 rings (SSSR count). The van der Waals surface area contributed by atoms with Crippen LogP contribution >= 0.6 is 0 Å². The number of morpholine rings is 1. The number of aryl methyl sites for hydroxylation is 2. The minimum Gasteiger partial charge on any atom is -0.379 e. The van der Waals surface area contributed by atoms with E-state index in [9.17, 15) is 14.0 Å². The number of hydrogen-bond donors (Lipinski definition) is 1. The van der Waals surface area contributed by atoms with Crippen LogP contribution in [0, 0.1) is 19.7 Å². The Balaban J connectivity index is 1.56. The first kappa shape index (κ1) is 27.7. The van der Waals surface area contributed by atoms with Crippen LogP contribution in [0.4, 0.5) is 9.18 Å². The van der Waals surface area contributed by atoms with Crippen molar-refractivity contribution in [2.45, 2.75) is 39.7 Å². The van der Waals surface area contributed by atoms with E-state index in [0.717, 1.165) is 41.9 Å². The minimum atomic E-state index is -0.375. The average molecular weight is 524 g/mol. The molecular formula is C29H38FN5O3. The van der Waals surface area contributed by atoms with E-state index in [4.69, 9.17) is 9.84 Å². The molecule has 0 unspecified atom stereocenters. The molecule has 0 aliphatic carbocycles. The highest BCUT2D eigenvalue weighted by Crippen LogP contribution is 2.33. The molecule has 0 saturated carbocycles. The molecule has 2 heterocycles. The SMILES string of the molecule is CCCNC(=O)N(CCN1CCOCC1)CC(=O)N1N=C(c2ccc(C)c(C)c2)C[C@@H]1c1ccc(F)cc1. The van der Waals surface area contributed by atoms with E-state index in [2.05, 4.69) is 36.2 Å². The summed E-state index contributed by atoms with van der Waals surface area (Å²) in [7, 11) is 0. The standard InChI is InChI=1S/C29H38FN5O3/c1-4-11-31-29(37)34(13-12-33-14-16-38-17-15-33)20-28(36)35-27(23-7-9-25(30)10-8-23)19-26(32-35)24-6-5-21(2)22(3)18-24/h5-10,18,27H,4,11-17,19-20H2,1-3H3,(H,31,37)/t27-/m1/s1. The summed E-state index contributed by atoms with van der Waals surface area (Å²) in [6.07, 6.45) is 1.31. The third-order valence-electron chi connectivity index (χ3n) is 7.19. The second kappa shape index (κ2) is 13.0. The van der Waals surface area contributed by atoms with E-state index in [1.807, 2.05) is 13.0 Å². The van der Waals surface area contributed by atoms with E-state index in [0.29, 0.717) is 39.3 Å². The summed E-state index contributed by atoms with van der Waals surface area (Å²) in [4.78, 5) is 30.5. The molecule has 0 aromatic heterocycles. The maximum Gasteiger partial charge on any atom is 0.317 e. The second-order valence-electron chi connectivity index (χ2n) is 9.96. The van der Waals surface area contributed by atoms with Gasteiger partial charge in [0.15, 0.2) is 0 Å². The molecule has 2 aliphatic rings. The highest BCUT2D eigenvalue weighted by atomic mass is 19.1. The van der Waals surface area contributed by atoms with Gasteiger partial charge in [0.25, 0.3) is 5.91 Å². The molecule has 1 fully saturated rings. The molecular weight excluding hydrogens is 485 g/mol. The van der Waals surface area contributed by atoms with Crippen LogP contribution in [0.5, 0.6) is 0 Å². The zero-order valence-corrected chi connectivity index (χ0v) is 22.6. The first-order chi connectivity index (χ1) is 18.4. The van der Waals surface area contributed by atoms with Gasteiger partial charge >= 0.3 is 6.03 Å². The van der Waals surface area contributed by atoms with Crippen molar-refractivity contribution in [3.63, 3.8) is 0 Å². The third-order valence-corrected chi connectivity index (χ3v) is 7.19. The third kappa shape index (κ3) is 6.96. The number of urea groups is 1. The van der Waals surface area contributed by atoms with Crippen molar-refractivity contribution < 1.29 is 18.7 Å². The highest BCUT2D eigenvalue weighted by Gasteiger charge is 2.34. The van der Waals surface area contributed by atoms with Crippen LogP contribution in [-0.2, 0) is 9.53 Å². The van der Waals surface area contributed by atoms with E-state index in [-0.39, 0.29) is 30.3 Å². The highest BCUT2D eigenvalue weighted by molar-refractivity contribution is 6.03. The van der Waals surface area contributed by atoms with E-state index < -0.39 is 0 Å². The second-order valence-corrected chi connectivity index (χ2v) is 9.96. The van der Waals surface area contributed by atoms with Crippen LogP contribution in [-0.4, -0.2) is 84.9 Å². The molecule has 2 aliphatic heterocycles. The lowest BCUT2D eigenvalue weighted by atomic mass is 9.96. The van der Waals surface area contributed by atoms with E-state index >= 15 is 0 Å². The number of benzene rings is 2. The molecule has 1 N–H and O–H groups in total. The van der Waals surface area contributed by atoms with Crippen molar-refractivity contribution in [1.82, 2.24) is 20.1 Å². The molecule has 38 heavy (non-hydrogen) atoms. The Hall–Kier alpha value is -3.30. The molecule has 1 atom stereocenters. The average Bonchev–Trinajstić information content (AvgIpc) is 3.38. The summed E-state index contributed by atoms with van der Waals surface area (Å²) < 4.78 is 19.1. The molecule has 1 saturated heterocycles. The van der Waals surface area contributed by atoms with Crippen LogP contribution < -0.4 is 5.32 Å². The Morgan fingerprint density at radius 3 is 2.53 bits per heavy atom. The number of rotatable bonds is 9. The first-order valence-corrected chi connectivity index (χ1v) is 13.4. The summed E-state index contributed by atoms with van der Waals surface area (Å²) in [5, 5.41) is 9.14. The van der Waals surface area contributed by atoms with Gasteiger partial charge in [0, 0.05) is 39.1 Å². The van der Waals surface area contributed by atoms with Crippen LogP contribution in [0.1, 0.15) is 48.1 Å². The van der Waals surface area contributed by atoms with Crippen LogP contribution in [0.3, 0.4) is 0 Å². The fraction of sp³-hybridized carbons (Fsp3) is 0.483. The van der Waals surface area contributed by atoms with Crippen molar-refractivity contribution in [1.29, 1.82) is 0 Å². The van der Waals surface area contributed by atoms with Crippen molar-refractivity contribution in [2.75, 3.05) is 52.5 Å². The number of hydrazone groups is 1. The number of nitrogens with one attached hydrogen (secondary N) is 1. The Bertz CT molecular complexity index is 1150. The summed E-state index contributed by atoms with van der Waals surface area (Å²) >= 11 is 0. The zero-order chi connectivity index (χ0) is 27.1. The molecule has 8 nitrogen and oxygen atoms in total. The van der Waals surface area contributed by atoms with Gasteiger partial charge in [-0.05, 0) is 60.7 Å². The summed E-state index contributed by atoms with van der Waals surface area (Å²) in [6.45, 7) is 10.6. The summed E-state index contributed by atoms with van der Waals surface area (Å²) in [6, 6.07) is 11.7. The fourth-order valence-electron chi connectivity index (χ4n) is 4.70. The van der Waals surface area contributed by atoms with Gasteiger partial charge in [-0.25, -0.2) is 14.2 Å². The van der Waals surface area contributed by atoms with Gasteiger partial charge in [-0.3, -0.25) is 9.69 Å². The maximum atomic E-state index is 13.7. The molecule has 0 bridgehead atoms. The van der Waals surface area contributed by atoms with Crippen LogP contribution in [0.15, 0.2) is 47.6 Å². The van der Waals surface area contributed by atoms with Crippen molar-refractivity contribution in [3.8, 4) is 0 Å². The lowest BCUT2D eigenvalue weighted by Gasteiger charge is -2.31. The quantitative estimate of drug-likeness (QED) is 0.541. The fourth-order valence-corrected chi connectivity index (χ4v) is 4.70. The number of hydrogen-bond acceptors (Lipinski definition) is 5. The lowest BCUT2D eigenvalue weighted by Crippen LogP contribution is -2.49. The molecule has 9 heteroatoms. The van der Waals surface area contributed by atoms with Gasteiger partial charge in [-0.1, -0.05) is 31.2 Å². The maximum absolute atomic E-state index is 13.7. The van der Waals surface area contributed by atoms with Gasteiger partial charge in [-0.15, -0.1) is 0 Å². The Morgan fingerprint density at radius 1 is 1.11 bits per heavy atom.